The van der Waals surface area contributed by atoms with Crippen LogP contribution in [0.25, 0.3) is 5.69 Å². The minimum atomic E-state index is -3.98. The van der Waals surface area contributed by atoms with Crippen molar-refractivity contribution in [2.24, 2.45) is 0 Å². The third-order valence-corrected chi connectivity index (χ3v) is 9.13. The molecule has 0 unspecified atom stereocenters. The Bertz CT molecular complexity index is 1710. The highest BCUT2D eigenvalue weighted by Gasteiger charge is 2.27. The fraction of sp³-hybridized carbons (Fsp3) is 0.281. The number of sulfone groups is 1. The van der Waals surface area contributed by atoms with Crippen LogP contribution < -0.4 is 10.1 Å². The Morgan fingerprint density at radius 3 is 2.63 bits per heavy atom. The van der Waals surface area contributed by atoms with Crippen LogP contribution in [0.2, 0.25) is 0 Å². The molecule has 1 aliphatic rings. The quantitative estimate of drug-likeness (QED) is 0.224. The maximum Gasteiger partial charge on any atom is 0.251 e. The van der Waals surface area contributed by atoms with Gasteiger partial charge in [-0.15, -0.1) is 0 Å². The number of amides is 1. The van der Waals surface area contributed by atoms with Crippen LogP contribution in [-0.4, -0.2) is 65.7 Å². The van der Waals surface area contributed by atoms with E-state index >= 15 is 0 Å². The summed E-state index contributed by atoms with van der Waals surface area (Å²) in [5.41, 5.74) is 3.72. The monoisotopic (exact) mass is 603 g/mol. The summed E-state index contributed by atoms with van der Waals surface area (Å²) in [6, 6.07) is 16.0. The third kappa shape index (κ3) is 6.85. The molecule has 0 radical (unpaired) electrons. The number of fused-ring (bicyclic) bond motifs is 1. The van der Waals surface area contributed by atoms with Crippen molar-refractivity contribution in [1.29, 1.82) is 0 Å². The van der Waals surface area contributed by atoms with Gasteiger partial charge in [-0.25, -0.2) is 13.4 Å². The first-order valence-corrected chi connectivity index (χ1v) is 15.7. The third-order valence-electron chi connectivity index (χ3n) is 7.49. The number of benzene rings is 3. The number of aliphatic hydroxyl groups is 2. The van der Waals surface area contributed by atoms with Gasteiger partial charge in [-0.2, -0.15) is 0 Å². The fourth-order valence-electron chi connectivity index (χ4n) is 5.24. The van der Waals surface area contributed by atoms with Crippen molar-refractivity contribution >= 4 is 21.5 Å². The molecule has 43 heavy (non-hydrogen) atoms. The van der Waals surface area contributed by atoms with Crippen LogP contribution >= 0.6 is 0 Å². The molecule has 0 atom stereocenters. The number of ketones is 1. The van der Waals surface area contributed by atoms with Crippen LogP contribution in [0.3, 0.4) is 0 Å². The number of hydrogen-bond donors (Lipinski definition) is 3. The molecule has 224 valence electrons. The lowest BCUT2D eigenvalue weighted by molar-refractivity contribution is 0.0878. The van der Waals surface area contributed by atoms with Crippen molar-refractivity contribution in [3.05, 3.63) is 107 Å². The van der Waals surface area contributed by atoms with Crippen LogP contribution in [0.5, 0.6) is 5.75 Å². The van der Waals surface area contributed by atoms with E-state index in [1.54, 1.807) is 24.7 Å². The number of para-hydroxylation sites is 1. The second kappa shape index (κ2) is 13.3. The van der Waals surface area contributed by atoms with Gasteiger partial charge < -0.3 is 24.8 Å². The number of nitrogens with one attached hydrogen (secondary N) is 1. The first kappa shape index (κ1) is 30.1. The lowest BCUT2D eigenvalue weighted by atomic mass is 9.87. The summed E-state index contributed by atoms with van der Waals surface area (Å²) < 4.78 is 35.6. The smallest absolute Gasteiger partial charge is 0.251 e. The van der Waals surface area contributed by atoms with E-state index in [-0.39, 0.29) is 22.8 Å². The van der Waals surface area contributed by atoms with Gasteiger partial charge in [-0.3, -0.25) is 9.59 Å². The van der Waals surface area contributed by atoms with E-state index in [1.807, 2.05) is 35.0 Å². The second-order valence-electron chi connectivity index (χ2n) is 10.4. The number of ether oxygens (including phenoxy) is 1. The first-order chi connectivity index (χ1) is 20.8. The number of nitrogens with zero attached hydrogens (tertiary/aromatic N) is 2. The molecule has 0 aliphatic heterocycles. The number of aromatic nitrogens is 2. The molecule has 1 aromatic heterocycles. The minimum absolute atomic E-state index is 0.0262. The van der Waals surface area contributed by atoms with Crippen molar-refractivity contribution in [3.8, 4) is 11.4 Å². The van der Waals surface area contributed by atoms with Gasteiger partial charge in [0.1, 0.15) is 5.75 Å². The molecule has 0 saturated heterocycles. The molecule has 3 N–H and O–H groups in total. The predicted molar refractivity (Wildman–Crippen MR) is 159 cm³/mol. The van der Waals surface area contributed by atoms with E-state index in [9.17, 15) is 28.2 Å². The standard InChI is InChI=1S/C32H33N3O7S/c36-18-24(19-37)34-32(39)23-6-3-7-25(17-23)43(40,41)20-28-26-8-4-10-30(38)27(26)11-12-31(28)42-16-13-22-5-1-2-9-29(22)35-15-14-33-21-35/h1-3,5-7,9,11-12,14-15,17,21,24,36-37H,4,8,10,13,16,18-20H2,(H,34,39). The molecule has 0 bridgehead atoms. The Morgan fingerprint density at radius 2 is 1.86 bits per heavy atom. The molecular formula is C32H33N3O7S. The summed E-state index contributed by atoms with van der Waals surface area (Å²) in [5, 5.41) is 21.0. The summed E-state index contributed by atoms with van der Waals surface area (Å²) >= 11 is 0. The number of carbonyl (C=O) groups is 2. The summed E-state index contributed by atoms with van der Waals surface area (Å²) in [4.78, 5) is 29.4. The number of imidazole rings is 1. The van der Waals surface area contributed by atoms with Crippen molar-refractivity contribution in [2.45, 2.75) is 42.4 Å². The molecule has 0 fully saturated rings. The summed E-state index contributed by atoms with van der Waals surface area (Å²) in [6.07, 6.45) is 7.42. The summed E-state index contributed by atoms with van der Waals surface area (Å²) in [7, 11) is -3.98. The molecule has 11 heteroatoms. The normalized spacial score (nSPS) is 13.1. The van der Waals surface area contributed by atoms with E-state index in [2.05, 4.69) is 10.3 Å². The van der Waals surface area contributed by atoms with Crippen LogP contribution in [0.4, 0.5) is 0 Å². The Hall–Kier alpha value is -4.32. The maximum absolute atomic E-state index is 13.7. The zero-order valence-electron chi connectivity index (χ0n) is 23.5. The molecule has 3 aromatic carbocycles. The van der Waals surface area contributed by atoms with Crippen molar-refractivity contribution in [2.75, 3.05) is 19.8 Å². The molecule has 10 nitrogen and oxygen atoms in total. The topological polar surface area (TPSA) is 148 Å². The first-order valence-electron chi connectivity index (χ1n) is 14.0. The lowest BCUT2D eigenvalue weighted by Gasteiger charge is -2.22. The number of carbonyl (C=O) groups excluding carboxylic acids is 2. The Morgan fingerprint density at radius 1 is 1.05 bits per heavy atom. The average Bonchev–Trinajstić information content (AvgIpc) is 3.56. The molecule has 1 aliphatic carbocycles. The maximum atomic E-state index is 13.7. The van der Waals surface area contributed by atoms with E-state index < -0.39 is 40.8 Å². The largest absolute Gasteiger partial charge is 0.493 e. The van der Waals surface area contributed by atoms with Gasteiger partial charge in [0, 0.05) is 47.6 Å². The van der Waals surface area contributed by atoms with Gasteiger partial charge in [0.25, 0.3) is 5.91 Å². The Labute approximate surface area is 249 Å². The number of hydrogen-bond acceptors (Lipinski definition) is 8. The molecule has 5 rings (SSSR count). The van der Waals surface area contributed by atoms with Gasteiger partial charge >= 0.3 is 0 Å². The van der Waals surface area contributed by atoms with Gasteiger partial charge in [0.15, 0.2) is 15.6 Å². The van der Waals surface area contributed by atoms with E-state index in [1.165, 1.54) is 24.3 Å². The van der Waals surface area contributed by atoms with E-state index in [0.29, 0.717) is 48.1 Å². The van der Waals surface area contributed by atoms with Gasteiger partial charge in [-0.1, -0.05) is 24.3 Å². The van der Waals surface area contributed by atoms with Gasteiger partial charge in [0.05, 0.1) is 42.8 Å². The van der Waals surface area contributed by atoms with Crippen LogP contribution in [0.1, 0.15) is 50.2 Å². The van der Waals surface area contributed by atoms with E-state index in [0.717, 1.165) is 11.3 Å². The summed E-state index contributed by atoms with van der Waals surface area (Å²) in [5.74, 6) is -0.653. The van der Waals surface area contributed by atoms with E-state index in [4.69, 9.17) is 4.74 Å². The number of rotatable bonds is 12. The van der Waals surface area contributed by atoms with Crippen LogP contribution in [0.15, 0.2) is 84.3 Å². The molecular weight excluding hydrogens is 570 g/mol. The highest BCUT2D eigenvalue weighted by atomic mass is 32.2. The number of aliphatic hydroxyl groups excluding tert-OH is 2. The average molecular weight is 604 g/mol. The fourth-order valence-corrected chi connectivity index (χ4v) is 6.70. The van der Waals surface area contributed by atoms with Crippen LogP contribution in [-0.2, 0) is 28.4 Å². The number of Topliss-reactive ketones (excluding diaryl/α,β-unsaturated/α-hetero) is 1. The SMILES string of the molecule is O=C(NC(CO)CO)c1cccc(S(=O)(=O)Cc2c(OCCc3ccccc3-n3ccnc3)ccc3c2CCCC3=O)c1. The lowest BCUT2D eigenvalue weighted by Crippen LogP contribution is -2.40. The van der Waals surface area contributed by atoms with Crippen molar-refractivity contribution in [3.63, 3.8) is 0 Å². The zero-order valence-corrected chi connectivity index (χ0v) is 24.3. The molecule has 4 aromatic rings. The van der Waals surface area contributed by atoms with Crippen molar-refractivity contribution < 1.29 is 33.0 Å². The highest BCUT2D eigenvalue weighted by molar-refractivity contribution is 7.90. The van der Waals surface area contributed by atoms with Gasteiger partial charge in [0.2, 0.25) is 0 Å². The van der Waals surface area contributed by atoms with Crippen LogP contribution in [0, 0.1) is 0 Å². The predicted octanol–water partition coefficient (Wildman–Crippen LogP) is 3.07. The minimum Gasteiger partial charge on any atom is -0.493 e. The second-order valence-corrected chi connectivity index (χ2v) is 12.4. The Balaban J connectivity index is 1.41. The summed E-state index contributed by atoms with van der Waals surface area (Å²) in [6.45, 7) is -0.649. The molecule has 0 spiro atoms. The molecule has 1 amide bonds. The Kier molecular flexibility index (Phi) is 9.34. The van der Waals surface area contributed by atoms with Gasteiger partial charge in [-0.05, 0) is 60.4 Å². The molecule has 1 heterocycles. The van der Waals surface area contributed by atoms with Crippen molar-refractivity contribution in [1.82, 2.24) is 14.9 Å². The highest BCUT2D eigenvalue weighted by Crippen LogP contribution is 2.34. The zero-order chi connectivity index (χ0) is 30.4. The molecule has 0 saturated carbocycles.